The summed E-state index contributed by atoms with van der Waals surface area (Å²) < 4.78 is 0. The van der Waals surface area contributed by atoms with Gasteiger partial charge in [0.1, 0.15) is 0 Å². The maximum atomic E-state index is 5.42. The smallest absolute Gasteiger partial charge is 0.210 e. The standard InChI is InChI=1S/C12H20N4S/c1-10(17-2)8-9-14-12(16-13)15-11-6-4-3-5-7-11/h3-7,10H,8-9,13H2,1-2H3,(H2,14,15,16). The molecule has 0 bridgehead atoms. The topological polar surface area (TPSA) is 62.4 Å². The first-order valence-electron chi connectivity index (χ1n) is 5.62. The number of thioether (sulfide) groups is 1. The van der Waals surface area contributed by atoms with Crippen LogP contribution in [0.15, 0.2) is 35.3 Å². The van der Waals surface area contributed by atoms with E-state index in [1.807, 2.05) is 42.1 Å². The average Bonchev–Trinajstić information content (AvgIpc) is 2.38. The quantitative estimate of drug-likeness (QED) is 0.325. The Morgan fingerprint density at radius 3 is 2.71 bits per heavy atom. The van der Waals surface area contributed by atoms with Gasteiger partial charge in [-0.3, -0.25) is 10.4 Å². The summed E-state index contributed by atoms with van der Waals surface area (Å²) in [6, 6.07) is 9.84. The first-order chi connectivity index (χ1) is 8.26. The zero-order chi connectivity index (χ0) is 12.5. The van der Waals surface area contributed by atoms with Gasteiger partial charge in [0.25, 0.3) is 0 Å². The third-order valence-electron chi connectivity index (χ3n) is 2.38. The van der Waals surface area contributed by atoms with Crippen molar-refractivity contribution in [3.8, 4) is 0 Å². The van der Waals surface area contributed by atoms with Crippen LogP contribution in [0.4, 0.5) is 5.69 Å². The minimum absolute atomic E-state index is 0.601. The van der Waals surface area contributed by atoms with Crippen LogP contribution in [0, 0.1) is 0 Å². The van der Waals surface area contributed by atoms with Gasteiger partial charge < -0.3 is 5.32 Å². The van der Waals surface area contributed by atoms with Crippen molar-refractivity contribution in [2.24, 2.45) is 10.8 Å². The third kappa shape index (κ3) is 5.60. The zero-order valence-corrected chi connectivity index (χ0v) is 11.1. The van der Waals surface area contributed by atoms with Crippen LogP contribution in [0.1, 0.15) is 13.3 Å². The second kappa shape index (κ2) is 7.97. The minimum Gasteiger partial charge on any atom is -0.325 e. The van der Waals surface area contributed by atoms with E-state index in [1.54, 1.807) is 0 Å². The number of aliphatic imine (C=N–C) groups is 1. The summed E-state index contributed by atoms with van der Waals surface area (Å²) in [6.45, 7) is 2.96. The number of hydrazine groups is 1. The normalized spacial score (nSPS) is 13.2. The molecule has 0 fully saturated rings. The molecule has 17 heavy (non-hydrogen) atoms. The lowest BCUT2D eigenvalue weighted by Gasteiger charge is -2.10. The molecule has 1 rings (SSSR count). The van der Waals surface area contributed by atoms with Crippen LogP contribution in [0.3, 0.4) is 0 Å². The van der Waals surface area contributed by atoms with Crippen LogP contribution in [0.5, 0.6) is 0 Å². The summed E-state index contributed by atoms with van der Waals surface area (Å²) in [5.74, 6) is 6.02. The maximum absolute atomic E-state index is 5.42. The van der Waals surface area contributed by atoms with Gasteiger partial charge in [0.2, 0.25) is 5.96 Å². The van der Waals surface area contributed by atoms with Crippen molar-refractivity contribution >= 4 is 23.4 Å². The Labute approximate surface area is 107 Å². The first kappa shape index (κ1) is 13.9. The number of para-hydroxylation sites is 1. The van der Waals surface area contributed by atoms with Crippen LogP contribution in [-0.2, 0) is 0 Å². The fraction of sp³-hybridized carbons (Fsp3) is 0.417. The summed E-state index contributed by atoms with van der Waals surface area (Å²) in [6.07, 6.45) is 3.15. The van der Waals surface area contributed by atoms with Crippen LogP contribution < -0.4 is 16.6 Å². The predicted octanol–water partition coefficient (Wildman–Crippen LogP) is 2.06. The van der Waals surface area contributed by atoms with Gasteiger partial charge in [-0.2, -0.15) is 11.8 Å². The number of rotatable bonds is 5. The molecule has 1 atom stereocenters. The Bertz CT molecular complexity index is 340. The first-order valence-corrected chi connectivity index (χ1v) is 6.91. The van der Waals surface area contributed by atoms with Crippen molar-refractivity contribution in [2.75, 3.05) is 18.1 Å². The van der Waals surface area contributed by atoms with Crippen molar-refractivity contribution in [1.82, 2.24) is 5.43 Å². The van der Waals surface area contributed by atoms with Gasteiger partial charge in [-0.25, -0.2) is 5.84 Å². The third-order valence-corrected chi connectivity index (χ3v) is 3.42. The lowest BCUT2D eigenvalue weighted by molar-refractivity contribution is 0.817. The molecule has 0 heterocycles. The molecule has 0 saturated heterocycles. The maximum Gasteiger partial charge on any atom is 0.210 e. The minimum atomic E-state index is 0.601. The molecule has 0 aliphatic heterocycles. The van der Waals surface area contributed by atoms with Gasteiger partial charge in [-0.05, 0) is 24.8 Å². The molecule has 0 amide bonds. The lowest BCUT2D eigenvalue weighted by Crippen LogP contribution is -2.36. The van der Waals surface area contributed by atoms with Crippen molar-refractivity contribution < 1.29 is 0 Å². The van der Waals surface area contributed by atoms with Gasteiger partial charge in [-0.1, -0.05) is 25.1 Å². The van der Waals surface area contributed by atoms with Crippen molar-refractivity contribution in [3.05, 3.63) is 30.3 Å². The van der Waals surface area contributed by atoms with E-state index in [1.165, 1.54) is 0 Å². The second-order valence-corrected chi connectivity index (χ2v) is 4.98. The number of nitrogens with one attached hydrogen (secondary N) is 2. The Morgan fingerprint density at radius 2 is 2.12 bits per heavy atom. The van der Waals surface area contributed by atoms with E-state index >= 15 is 0 Å². The van der Waals surface area contributed by atoms with E-state index in [0.29, 0.717) is 11.2 Å². The lowest BCUT2D eigenvalue weighted by atomic mass is 10.3. The van der Waals surface area contributed by atoms with E-state index in [-0.39, 0.29) is 0 Å². The van der Waals surface area contributed by atoms with Crippen LogP contribution in [-0.4, -0.2) is 24.0 Å². The highest BCUT2D eigenvalue weighted by Crippen LogP contribution is 2.09. The molecule has 1 aromatic rings. The van der Waals surface area contributed by atoms with E-state index in [0.717, 1.165) is 18.7 Å². The van der Waals surface area contributed by atoms with Crippen molar-refractivity contribution in [2.45, 2.75) is 18.6 Å². The van der Waals surface area contributed by atoms with Gasteiger partial charge >= 0.3 is 0 Å². The number of hydrogen-bond donors (Lipinski definition) is 3. The van der Waals surface area contributed by atoms with E-state index in [4.69, 9.17) is 5.84 Å². The Kier molecular flexibility index (Phi) is 6.50. The number of hydrogen-bond acceptors (Lipinski definition) is 3. The van der Waals surface area contributed by atoms with E-state index in [9.17, 15) is 0 Å². The highest BCUT2D eigenvalue weighted by atomic mass is 32.2. The van der Waals surface area contributed by atoms with Gasteiger partial charge in [-0.15, -0.1) is 0 Å². The highest BCUT2D eigenvalue weighted by Gasteiger charge is 2.00. The van der Waals surface area contributed by atoms with E-state index < -0.39 is 0 Å². The summed E-state index contributed by atoms with van der Waals surface area (Å²) in [5, 5.41) is 3.75. The fourth-order valence-corrected chi connectivity index (χ4v) is 1.60. The average molecular weight is 252 g/mol. The second-order valence-electron chi connectivity index (χ2n) is 3.70. The zero-order valence-electron chi connectivity index (χ0n) is 10.3. The molecule has 1 unspecified atom stereocenters. The Morgan fingerprint density at radius 1 is 1.41 bits per heavy atom. The molecular formula is C12H20N4S. The monoisotopic (exact) mass is 252 g/mol. The Hall–Kier alpha value is -1.20. The fourth-order valence-electron chi connectivity index (χ4n) is 1.26. The molecule has 94 valence electrons. The number of anilines is 1. The van der Waals surface area contributed by atoms with E-state index in [2.05, 4.69) is 28.9 Å². The molecule has 5 heteroatoms. The number of guanidine groups is 1. The van der Waals surface area contributed by atoms with Gasteiger partial charge in [0.05, 0.1) is 0 Å². The molecule has 0 aliphatic rings. The van der Waals surface area contributed by atoms with Gasteiger partial charge in [0.15, 0.2) is 0 Å². The predicted molar refractivity (Wildman–Crippen MR) is 77.3 cm³/mol. The SMILES string of the molecule is CSC(C)CCN=C(NN)Nc1ccccc1. The summed E-state index contributed by atoms with van der Waals surface area (Å²) in [5.41, 5.74) is 3.55. The molecule has 0 radical (unpaired) electrons. The molecule has 0 aliphatic carbocycles. The molecule has 4 N–H and O–H groups in total. The van der Waals surface area contributed by atoms with Gasteiger partial charge in [0, 0.05) is 17.5 Å². The Balaban J connectivity index is 2.45. The number of benzene rings is 1. The molecule has 1 aromatic carbocycles. The highest BCUT2D eigenvalue weighted by molar-refractivity contribution is 7.99. The van der Waals surface area contributed by atoms with Crippen LogP contribution in [0.2, 0.25) is 0 Å². The summed E-state index contributed by atoms with van der Waals surface area (Å²) >= 11 is 1.85. The number of nitrogens with zero attached hydrogens (tertiary/aromatic N) is 1. The summed E-state index contributed by atoms with van der Waals surface area (Å²) in [4.78, 5) is 4.38. The summed E-state index contributed by atoms with van der Waals surface area (Å²) in [7, 11) is 0. The van der Waals surface area contributed by atoms with Crippen LogP contribution in [0.25, 0.3) is 0 Å². The van der Waals surface area contributed by atoms with Crippen molar-refractivity contribution in [3.63, 3.8) is 0 Å². The van der Waals surface area contributed by atoms with Crippen LogP contribution >= 0.6 is 11.8 Å². The molecule has 4 nitrogen and oxygen atoms in total. The largest absolute Gasteiger partial charge is 0.325 e. The molecular weight excluding hydrogens is 232 g/mol. The molecule has 0 spiro atoms. The molecule has 0 aromatic heterocycles. The van der Waals surface area contributed by atoms with Crippen molar-refractivity contribution in [1.29, 1.82) is 0 Å². The number of nitrogens with two attached hydrogens (primary N) is 1. The molecule has 0 saturated carbocycles.